The predicted molar refractivity (Wildman–Crippen MR) is 114 cm³/mol. The van der Waals surface area contributed by atoms with Gasteiger partial charge in [0.1, 0.15) is 0 Å². The molecule has 0 bridgehead atoms. The van der Waals surface area contributed by atoms with Gasteiger partial charge in [0.2, 0.25) is 6.29 Å². The fourth-order valence-corrected chi connectivity index (χ4v) is 5.79. The third-order valence-electron chi connectivity index (χ3n) is 7.41. The van der Waals surface area contributed by atoms with Crippen molar-refractivity contribution in [1.82, 2.24) is 4.90 Å². The monoisotopic (exact) mass is 399 g/mol. The van der Waals surface area contributed by atoms with Crippen molar-refractivity contribution in [2.75, 3.05) is 6.54 Å². The molecule has 1 aromatic rings. The molecule has 29 heavy (non-hydrogen) atoms. The highest BCUT2D eigenvalue weighted by molar-refractivity contribution is 5.72. The van der Waals surface area contributed by atoms with Crippen LogP contribution in [0, 0.1) is 23.7 Å². The van der Waals surface area contributed by atoms with Crippen molar-refractivity contribution in [3.63, 3.8) is 0 Å². The first kappa shape index (κ1) is 20.9. The number of ether oxygens (including phenoxy) is 2. The molecule has 6 atom stereocenters. The van der Waals surface area contributed by atoms with E-state index in [1.54, 1.807) is 0 Å². The van der Waals surface area contributed by atoms with E-state index in [2.05, 4.69) is 56.0 Å². The summed E-state index contributed by atoms with van der Waals surface area (Å²) in [7, 11) is 0. The average molecular weight is 400 g/mol. The number of likely N-dealkylation sites (tertiary alicyclic amines) is 1. The standard InChI is InChI=1S/C25H37NO3/c1-17(2)20-12-11-18(3)14-23(20)28-25-21(15-24(27)29-25)22-10-7-13-26(22)16-19-8-5-4-6-9-19/h4-6,8-9,17-18,20-23,25H,7,10-16H2,1-3H3/t18-,20+,21+,22-,23-,25-/m1/s1. The number of hydrogen-bond donors (Lipinski definition) is 0. The molecule has 3 fully saturated rings. The summed E-state index contributed by atoms with van der Waals surface area (Å²) >= 11 is 0. The van der Waals surface area contributed by atoms with Crippen molar-refractivity contribution in [1.29, 1.82) is 0 Å². The molecule has 2 saturated heterocycles. The van der Waals surface area contributed by atoms with Gasteiger partial charge in [-0.3, -0.25) is 9.69 Å². The Morgan fingerprint density at radius 3 is 2.72 bits per heavy atom. The van der Waals surface area contributed by atoms with Gasteiger partial charge in [0.05, 0.1) is 12.5 Å². The number of nitrogens with zero attached hydrogens (tertiary/aromatic N) is 1. The van der Waals surface area contributed by atoms with Crippen LogP contribution in [0.4, 0.5) is 0 Å². The molecule has 0 N–H and O–H groups in total. The molecular weight excluding hydrogens is 362 g/mol. The van der Waals surface area contributed by atoms with Crippen LogP contribution in [0.5, 0.6) is 0 Å². The molecule has 0 radical (unpaired) electrons. The first-order valence-corrected chi connectivity index (χ1v) is 11.6. The first-order valence-electron chi connectivity index (χ1n) is 11.6. The molecule has 4 rings (SSSR count). The normalized spacial score (nSPS) is 35.9. The number of esters is 1. The minimum Gasteiger partial charge on any atom is -0.435 e. The van der Waals surface area contributed by atoms with Gasteiger partial charge in [0, 0.05) is 18.5 Å². The summed E-state index contributed by atoms with van der Waals surface area (Å²) in [6.07, 6.45) is 6.23. The molecule has 2 aliphatic heterocycles. The zero-order chi connectivity index (χ0) is 20.4. The fraction of sp³-hybridized carbons (Fsp3) is 0.720. The third kappa shape index (κ3) is 4.86. The Morgan fingerprint density at radius 2 is 1.97 bits per heavy atom. The second-order valence-electron chi connectivity index (χ2n) is 9.89. The van der Waals surface area contributed by atoms with Crippen LogP contribution in [0.15, 0.2) is 30.3 Å². The molecule has 160 valence electrons. The summed E-state index contributed by atoms with van der Waals surface area (Å²) in [5, 5.41) is 0. The summed E-state index contributed by atoms with van der Waals surface area (Å²) < 4.78 is 12.4. The summed E-state index contributed by atoms with van der Waals surface area (Å²) in [6, 6.07) is 11.0. The second kappa shape index (κ2) is 9.18. The van der Waals surface area contributed by atoms with E-state index in [0.29, 0.717) is 30.2 Å². The van der Waals surface area contributed by atoms with Crippen LogP contribution in [0.2, 0.25) is 0 Å². The largest absolute Gasteiger partial charge is 0.435 e. The Labute approximate surface area is 175 Å². The molecule has 0 spiro atoms. The third-order valence-corrected chi connectivity index (χ3v) is 7.41. The van der Waals surface area contributed by atoms with Crippen molar-refractivity contribution in [2.24, 2.45) is 23.7 Å². The van der Waals surface area contributed by atoms with E-state index >= 15 is 0 Å². The van der Waals surface area contributed by atoms with Crippen molar-refractivity contribution in [3.05, 3.63) is 35.9 Å². The molecule has 4 heteroatoms. The summed E-state index contributed by atoms with van der Waals surface area (Å²) in [5.74, 6) is 1.92. The number of carbonyl (C=O) groups excluding carboxylic acids is 1. The summed E-state index contributed by atoms with van der Waals surface area (Å²) in [6.45, 7) is 8.95. The lowest BCUT2D eigenvalue weighted by Crippen LogP contribution is -2.43. The fourth-order valence-electron chi connectivity index (χ4n) is 5.79. The van der Waals surface area contributed by atoms with Crippen molar-refractivity contribution in [3.8, 4) is 0 Å². The molecule has 0 aromatic heterocycles. The molecule has 1 aliphatic carbocycles. The Morgan fingerprint density at radius 1 is 1.17 bits per heavy atom. The lowest BCUT2D eigenvalue weighted by atomic mass is 9.75. The van der Waals surface area contributed by atoms with E-state index in [4.69, 9.17) is 9.47 Å². The van der Waals surface area contributed by atoms with E-state index in [9.17, 15) is 4.79 Å². The zero-order valence-electron chi connectivity index (χ0n) is 18.3. The van der Waals surface area contributed by atoms with E-state index in [1.165, 1.54) is 24.8 Å². The highest BCUT2D eigenvalue weighted by Crippen LogP contribution is 2.40. The maximum atomic E-state index is 12.3. The van der Waals surface area contributed by atoms with Gasteiger partial charge in [0.15, 0.2) is 0 Å². The van der Waals surface area contributed by atoms with Gasteiger partial charge in [-0.05, 0) is 55.5 Å². The summed E-state index contributed by atoms with van der Waals surface area (Å²) in [5.41, 5.74) is 1.34. The van der Waals surface area contributed by atoms with Crippen LogP contribution in [0.25, 0.3) is 0 Å². The Balaban J connectivity index is 1.46. The van der Waals surface area contributed by atoms with Crippen LogP contribution < -0.4 is 0 Å². The number of benzene rings is 1. The highest BCUT2D eigenvalue weighted by Gasteiger charge is 2.46. The van der Waals surface area contributed by atoms with Gasteiger partial charge >= 0.3 is 5.97 Å². The van der Waals surface area contributed by atoms with Gasteiger partial charge in [-0.2, -0.15) is 0 Å². The van der Waals surface area contributed by atoms with E-state index in [0.717, 1.165) is 25.9 Å². The Kier molecular flexibility index (Phi) is 6.60. The van der Waals surface area contributed by atoms with Crippen LogP contribution in [0.1, 0.15) is 64.9 Å². The lowest BCUT2D eigenvalue weighted by molar-refractivity contribution is -0.200. The van der Waals surface area contributed by atoms with E-state index in [1.807, 2.05) is 0 Å². The Bertz CT molecular complexity index is 676. The van der Waals surface area contributed by atoms with Crippen molar-refractivity contribution < 1.29 is 14.3 Å². The van der Waals surface area contributed by atoms with Crippen LogP contribution >= 0.6 is 0 Å². The van der Waals surface area contributed by atoms with Gasteiger partial charge in [-0.25, -0.2) is 0 Å². The zero-order valence-corrected chi connectivity index (χ0v) is 18.3. The molecule has 3 aliphatic rings. The van der Waals surface area contributed by atoms with Crippen molar-refractivity contribution in [2.45, 2.75) is 84.3 Å². The minimum atomic E-state index is -0.375. The second-order valence-corrected chi connectivity index (χ2v) is 9.89. The molecule has 4 nitrogen and oxygen atoms in total. The maximum Gasteiger partial charge on any atom is 0.308 e. The van der Waals surface area contributed by atoms with Gasteiger partial charge in [-0.1, -0.05) is 57.5 Å². The Hall–Kier alpha value is -1.39. The number of rotatable bonds is 6. The van der Waals surface area contributed by atoms with Crippen LogP contribution in [-0.2, 0) is 20.8 Å². The van der Waals surface area contributed by atoms with Crippen molar-refractivity contribution >= 4 is 5.97 Å². The predicted octanol–water partition coefficient (Wildman–Crippen LogP) is 5.02. The molecule has 0 unspecified atom stereocenters. The SMILES string of the molecule is CC(C)[C@@H]1CC[C@@H](C)C[C@H]1O[C@@H]1OC(=O)C[C@H]1[C@H]1CCCN1Cc1ccccc1. The van der Waals surface area contributed by atoms with E-state index < -0.39 is 0 Å². The van der Waals surface area contributed by atoms with E-state index in [-0.39, 0.29) is 24.3 Å². The number of cyclic esters (lactones) is 1. The molecule has 0 amide bonds. The lowest BCUT2D eigenvalue weighted by Gasteiger charge is -2.40. The van der Waals surface area contributed by atoms with Gasteiger partial charge in [0.25, 0.3) is 0 Å². The van der Waals surface area contributed by atoms with Crippen LogP contribution in [0.3, 0.4) is 0 Å². The molecule has 1 saturated carbocycles. The first-order chi connectivity index (χ1) is 14.0. The topological polar surface area (TPSA) is 38.8 Å². The van der Waals surface area contributed by atoms with Gasteiger partial charge < -0.3 is 9.47 Å². The molecule has 1 aromatic carbocycles. The number of hydrogen-bond acceptors (Lipinski definition) is 4. The van der Waals surface area contributed by atoms with Gasteiger partial charge in [-0.15, -0.1) is 0 Å². The molecule has 2 heterocycles. The van der Waals surface area contributed by atoms with Crippen LogP contribution in [-0.4, -0.2) is 35.8 Å². The summed E-state index contributed by atoms with van der Waals surface area (Å²) in [4.78, 5) is 14.8. The minimum absolute atomic E-state index is 0.0866. The quantitative estimate of drug-likeness (QED) is 0.630. The smallest absolute Gasteiger partial charge is 0.308 e. The maximum absolute atomic E-state index is 12.3. The highest BCUT2D eigenvalue weighted by atomic mass is 16.7. The molecular formula is C25H37NO3. The number of carbonyl (C=O) groups is 1. The average Bonchev–Trinajstić information content (AvgIpc) is 3.28.